The van der Waals surface area contributed by atoms with Gasteiger partial charge in [0.2, 0.25) is 10.0 Å². The maximum atomic E-state index is 12.3. The van der Waals surface area contributed by atoms with Gasteiger partial charge in [-0.15, -0.1) is 13.2 Å². The van der Waals surface area contributed by atoms with E-state index in [4.69, 9.17) is 4.42 Å². The first kappa shape index (κ1) is 18.8. The maximum absolute atomic E-state index is 12.3. The number of hydrogen-bond donors (Lipinski definition) is 2. The van der Waals surface area contributed by atoms with E-state index in [0.29, 0.717) is 0 Å². The van der Waals surface area contributed by atoms with E-state index in [2.05, 4.69) is 14.8 Å². The van der Waals surface area contributed by atoms with Crippen LogP contribution < -0.4 is 14.8 Å². The fourth-order valence-electron chi connectivity index (χ4n) is 1.82. The van der Waals surface area contributed by atoms with Crippen molar-refractivity contribution in [3.05, 3.63) is 48.4 Å². The Labute approximate surface area is 140 Å². The first-order valence-corrected chi connectivity index (χ1v) is 8.32. The number of carbonyl (C=O) groups excluding carboxylic acids is 1. The van der Waals surface area contributed by atoms with Crippen LogP contribution in [0.3, 0.4) is 0 Å². The summed E-state index contributed by atoms with van der Waals surface area (Å²) < 4.78 is 71.8. The standard InChI is InChI=1S/C14H13F3N2O5S/c15-14(16,17)24-11-3-1-2-4-12(11)25(21,22)19-7-6-18-13(20)10-5-8-23-9-10/h1-5,8-9,19H,6-7H2,(H,18,20). The number of alkyl halides is 3. The Morgan fingerprint density at radius 1 is 1.16 bits per heavy atom. The molecule has 2 N–H and O–H groups in total. The summed E-state index contributed by atoms with van der Waals surface area (Å²) in [5.41, 5.74) is 0.256. The lowest BCUT2D eigenvalue weighted by molar-refractivity contribution is -0.275. The van der Waals surface area contributed by atoms with Gasteiger partial charge >= 0.3 is 6.36 Å². The van der Waals surface area contributed by atoms with Crippen molar-refractivity contribution in [1.29, 1.82) is 0 Å². The van der Waals surface area contributed by atoms with Crippen molar-refractivity contribution in [2.45, 2.75) is 11.3 Å². The van der Waals surface area contributed by atoms with Crippen LogP contribution in [0.15, 0.2) is 52.2 Å². The summed E-state index contributed by atoms with van der Waals surface area (Å²) in [6, 6.07) is 5.77. The summed E-state index contributed by atoms with van der Waals surface area (Å²) in [5, 5.41) is 2.42. The van der Waals surface area contributed by atoms with Gasteiger partial charge in [-0.3, -0.25) is 4.79 Å². The summed E-state index contributed by atoms with van der Waals surface area (Å²) >= 11 is 0. The molecule has 1 amide bonds. The lowest BCUT2D eigenvalue weighted by atomic mass is 10.3. The molecule has 0 fully saturated rings. The van der Waals surface area contributed by atoms with Gasteiger partial charge in [0, 0.05) is 13.1 Å². The Morgan fingerprint density at radius 3 is 2.52 bits per heavy atom. The van der Waals surface area contributed by atoms with Gasteiger partial charge in [-0.25, -0.2) is 13.1 Å². The molecule has 1 heterocycles. The van der Waals surface area contributed by atoms with Crippen LogP contribution in [0, 0.1) is 0 Å². The number of amides is 1. The highest BCUT2D eigenvalue weighted by Gasteiger charge is 2.33. The summed E-state index contributed by atoms with van der Waals surface area (Å²) in [5.74, 6) is -1.32. The minimum Gasteiger partial charge on any atom is -0.472 e. The molecule has 25 heavy (non-hydrogen) atoms. The van der Waals surface area contributed by atoms with Gasteiger partial charge in [-0.2, -0.15) is 0 Å². The number of carbonyl (C=O) groups is 1. The van der Waals surface area contributed by atoms with Crippen LogP contribution in [0.4, 0.5) is 13.2 Å². The monoisotopic (exact) mass is 378 g/mol. The molecule has 0 bridgehead atoms. The van der Waals surface area contributed by atoms with Gasteiger partial charge in [-0.1, -0.05) is 12.1 Å². The number of hydrogen-bond acceptors (Lipinski definition) is 5. The van der Waals surface area contributed by atoms with Crippen molar-refractivity contribution in [3.8, 4) is 5.75 Å². The summed E-state index contributed by atoms with van der Waals surface area (Å²) in [4.78, 5) is 11.0. The van der Waals surface area contributed by atoms with Gasteiger partial charge in [-0.05, 0) is 18.2 Å². The number of para-hydroxylation sites is 1. The maximum Gasteiger partial charge on any atom is 0.573 e. The number of rotatable bonds is 7. The number of halogens is 3. The molecule has 0 radical (unpaired) electrons. The quantitative estimate of drug-likeness (QED) is 0.717. The highest BCUT2D eigenvalue weighted by Crippen LogP contribution is 2.29. The van der Waals surface area contributed by atoms with Crippen LogP contribution in [0.1, 0.15) is 10.4 Å². The summed E-state index contributed by atoms with van der Waals surface area (Å²) in [6.45, 7) is -0.308. The Morgan fingerprint density at radius 2 is 1.88 bits per heavy atom. The second-order valence-corrected chi connectivity index (χ2v) is 6.40. The van der Waals surface area contributed by atoms with Gasteiger partial charge in [0.1, 0.15) is 16.9 Å². The summed E-state index contributed by atoms with van der Waals surface area (Å²) in [7, 11) is -4.26. The molecule has 0 aliphatic rings. The van der Waals surface area contributed by atoms with Crippen molar-refractivity contribution in [2.75, 3.05) is 13.1 Å². The predicted octanol–water partition coefficient (Wildman–Crippen LogP) is 1.89. The molecule has 7 nitrogen and oxygen atoms in total. The van der Waals surface area contributed by atoms with Gasteiger partial charge < -0.3 is 14.5 Å². The van der Waals surface area contributed by atoms with E-state index < -0.39 is 32.9 Å². The molecule has 0 saturated carbocycles. The molecule has 2 aromatic rings. The predicted molar refractivity (Wildman–Crippen MR) is 79.4 cm³/mol. The molecule has 0 spiro atoms. The van der Waals surface area contributed by atoms with Crippen LogP contribution in [-0.2, 0) is 10.0 Å². The molecule has 0 atom stereocenters. The van der Waals surface area contributed by atoms with Crippen molar-refractivity contribution in [2.24, 2.45) is 0 Å². The normalized spacial score (nSPS) is 12.0. The van der Waals surface area contributed by atoms with E-state index >= 15 is 0 Å². The first-order chi connectivity index (χ1) is 11.7. The van der Waals surface area contributed by atoms with Crippen LogP contribution >= 0.6 is 0 Å². The Kier molecular flexibility index (Phi) is 5.69. The van der Waals surface area contributed by atoms with Crippen LogP contribution in [0.25, 0.3) is 0 Å². The SMILES string of the molecule is O=C(NCCNS(=O)(=O)c1ccccc1OC(F)(F)F)c1ccoc1. The third kappa shape index (κ3) is 5.50. The molecule has 1 aromatic carbocycles. The number of furan rings is 1. The minimum atomic E-state index is -5.02. The van der Waals surface area contributed by atoms with E-state index in [1.807, 2.05) is 0 Å². The topological polar surface area (TPSA) is 97.6 Å². The zero-order valence-corrected chi connectivity index (χ0v) is 13.4. The number of ether oxygens (including phenoxy) is 1. The Balaban J connectivity index is 1.97. The highest BCUT2D eigenvalue weighted by atomic mass is 32.2. The van der Waals surface area contributed by atoms with Crippen LogP contribution in [0.5, 0.6) is 5.75 Å². The molecule has 0 unspecified atom stereocenters. The zero-order valence-electron chi connectivity index (χ0n) is 12.5. The first-order valence-electron chi connectivity index (χ1n) is 6.84. The second-order valence-electron chi connectivity index (χ2n) is 4.66. The third-order valence-electron chi connectivity index (χ3n) is 2.85. The average Bonchev–Trinajstić information content (AvgIpc) is 3.04. The lowest BCUT2D eigenvalue weighted by Crippen LogP contribution is -2.35. The van der Waals surface area contributed by atoms with Gasteiger partial charge in [0.25, 0.3) is 5.91 Å². The molecular formula is C14H13F3N2O5S. The smallest absolute Gasteiger partial charge is 0.472 e. The fraction of sp³-hybridized carbons (Fsp3) is 0.214. The van der Waals surface area contributed by atoms with E-state index in [1.165, 1.54) is 30.7 Å². The van der Waals surface area contributed by atoms with Crippen molar-refractivity contribution in [1.82, 2.24) is 10.0 Å². The zero-order chi connectivity index (χ0) is 18.5. The molecule has 1 aromatic heterocycles. The average molecular weight is 378 g/mol. The largest absolute Gasteiger partial charge is 0.573 e. The van der Waals surface area contributed by atoms with Crippen molar-refractivity contribution >= 4 is 15.9 Å². The number of benzene rings is 1. The lowest BCUT2D eigenvalue weighted by Gasteiger charge is -2.14. The van der Waals surface area contributed by atoms with E-state index in [0.717, 1.165) is 12.1 Å². The molecular weight excluding hydrogens is 365 g/mol. The van der Waals surface area contributed by atoms with Crippen LogP contribution in [0.2, 0.25) is 0 Å². The number of nitrogens with one attached hydrogen (secondary N) is 2. The molecule has 136 valence electrons. The van der Waals surface area contributed by atoms with E-state index in [9.17, 15) is 26.4 Å². The highest BCUT2D eigenvalue weighted by molar-refractivity contribution is 7.89. The van der Waals surface area contributed by atoms with Crippen molar-refractivity contribution in [3.63, 3.8) is 0 Å². The molecule has 0 saturated heterocycles. The van der Waals surface area contributed by atoms with E-state index in [1.54, 1.807) is 0 Å². The minimum absolute atomic E-state index is 0.0778. The number of sulfonamides is 1. The summed E-state index contributed by atoms with van der Waals surface area (Å²) in [6.07, 6.45) is -2.51. The van der Waals surface area contributed by atoms with E-state index in [-0.39, 0.29) is 18.7 Å². The third-order valence-corrected chi connectivity index (χ3v) is 4.35. The Hall–Kier alpha value is -2.53. The molecule has 0 aliphatic heterocycles. The van der Waals surface area contributed by atoms with Gasteiger partial charge in [0.15, 0.2) is 0 Å². The molecule has 11 heteroatoms. The van der Waals surface area contributed by atoms with Crippen molar-refractivity contribution < 1.29 is 35.5 Å². The second kappa shape index (κ2) is 7.57. The van der Waals surface area contributed by atoms with Gasteiger partial charge in [0.05, 0.1) is 11.8 Å². The molecule has 2 rings (SSSR count). The Bertz CT molecular complexity index is 819. The fourth-order valence-corrected chi connectivity index (χ4v) is 2.97. The van der Waals surface area contributed by atoms with Crippen LogP contribution in [-0.4, -0.2) is 33.8 Å². The molecule has 0 aliphatic carbocycles.